The SMILES string of the molecule is C=CCONCc1c(OC)cc(OCC(=O)O)cc1OC.CCl. The molecule has 0 amide bonds. The Balaban J connectivity index is 0.00000232. The number of rotatable bonds is 10. The fourth-order valence-electron chi connectivity index (χ4n) is 1.60. The molecule has 0 fully saturated rings. The average Bonchev–Trinajstić information content (AvgIpc) is 2.58. The minimum absolute atomic E-state index is 0.347. The van der Waals surface area contributed by atoms with Gasteiger partial charge in [0.15, 0.2) is 6.61 Å². The molecule has 0 heterocycles. The van der Waals surface area contributed by atoms with Crippen molar-refractivity contribution in [1.82, 2.24) is 5.48 Å². The summed E-state index contributed by atoms with van der Waals surface area (Å²) in [7, 11) is 3.01. The summed E-state index contributed by atoms with van der Waals surface area (Å²) < 4.78 is 15.7. The van der Waals surface area contributed by atoms with E-state index >= 15 is 0 Å². The number of alkyl halides is 1. The fraction of sp³-hybridized carbons (Fsp3) is 0.400. The molecule has 0 spiro atoms. The van der Waals surface area contributed by atoms with Gasteiger partial charge < -0.3 is 19.3 Å². The van der Waals surface area contributed by atoms with Crippen molar-refractivity contribution in [1.29, 1.82) is 0 Å². The van der Waals surface area contributed by atoms with Gasteiger partial charge in [0.25, 0.3) is 0 Å². The predicted molar refractivity (Wildman–Crippen MR) is 87.4 cm³/mol. The van der Waals surface area contributed by atoms with Gasteiger partial charge in [-0.3, -0.25) is 4.84 Å². The number of nitrogens with one attached hydrogen (secondary N) is 1. The molecule has 0 saturated carbocycles. The van der Waals surface area contributed by atoms with E-state index in [1.807, 2.05) is 0 Å². The highest BCUT2D eigenvalue weighted by Crippen LogP contribution is 2.34. The molecule has 2 N–H and O–H groups in total. The molecule has 23 heavy (non-hydrogen) atoms. The highest BCUT2D eigenvalue weighted by atomic mass is 35.5. The number of hydrogen-bond acceptors (Lipinski definition) is 6. The largest absolute Gasteiger partial charge is 0.496 e. The minimum atomic E-state index is -1.06. The zero-order valence-corrected chi connectivity index (χ0v) is 14.2. The smallest absolute Gasteiger partial charge is 0.341 e. The normalized spacial score (nSPS) is 9.39. The van der Waals surface area contributed by atoms with Crippen LogP contribution in [0.4, 0.5) is 0 Å². The zero-order chi connectivity index (χ0) is 17.7. The number of halogens is 1. The summed E-state index contributed by atoms with van der Waals surface area (Å²) in [6, 6.07) is 3.19. The first kappa shape index (κ1) is 21.0. The van der Waals surface area contributed by atoms with Gasteiger partial charge in [0.2, 0.25) is 0 Å². The number of aliphatic carboxylic acids is 1. The van der Waals surface area contributed by atoms with Crippen molar-refractivity contribution in [2.24, 2.45) is 0 Å². The van der Waals surface area contributed by atoms with Crippen molar-refractivity contribution < 1.29 is 28.9 Å². The second kappa shape index (κ2) is 12.6. The number of methoxy groups -OCH3 is 2. The Morgan fingerprint density at radius 3 is 2.30 bits per heavy atom. The summed E-state index contributed by atoms with van der Waals surface area (Å²) in [5.41, 5.74) is 3.48. The third-order valence-corrected chi connectivity index (χ3v) is 2.50. The van der Waals surface area contributed by atoms with Gasteiger partial charge in [0, 0.05) is 18.5 Å². The summed E-state index contributed by atoms with van der Waals surface area (Å²) in [4.78, 5) is 15.6. The van der Waals surface area contributed by atoms with Gasteiger partial charge in [0.1, 0.15) is 17.2 Å². The summed E-state index contributed by atoms with van der Waals surface area (Å²) in [6.45, 7) is 3.81. The van der Waals surface area contributed by atoms with E-state index in [9.17, 15) is 4.79 Å². The zero-order valence-electron chi connectivity index (χ0n) is 13.4. The first-order valence-electron chi connectivity index (χ1n) is 6.55. The number of hydrogen-bond donors (Lipinski definition) is 2. The first-order chi connectivity index (χ1) is 11.1. The lowest BCUT2D eigenvalue weighted by Crippen LogP contribution is -2.16. The molecule has 0 aliphatic heterocycles. The lowest BCUT2D eigenvalue weighted by Gasteiger charge is -2.15. The van der Waals surface area contributed by atoms with Gasteiger partial charge in [-0.05, 0) is 0 Å². The van der Waals surface area contributed by atoms with Crippen LogP contribution >= 0.6 is 11.6 Å². The molecule has 0 bridgehead atoms. The molecule has 0 aliphatic rings. The Morgan fingerprint density at radius 2 is 1.87 bits per heavy atom. The van der Waals surface area contributed by atoms with Crippen LogP contribution in [0.1, 0.15) is 5.56 Å². The molecule has 0 unspecified atom stereocenters. The summed E-state index contributed by atoms with van der Waals surface area (Å²) in [5.74, 6) is 0.298. The number of hydroxylamine groups is 1. The van der Waals surface area contributed by atoms with E-state index in [4.69, 9.17) is 24.2 Å². The molecule has 0 radical (unpaired) electrons. The van der Waals surface area contributed by atoms with Crippen LogP contribution in [0.2, 0.25) is 0 Å². The van der Waals surface area contributed by atoms with Crippen LogP contribution in [-0.4, -0.2) is 44.9 Å². The fourth-order valence-corrected chi connectivity index (χ4v) is 1.60. The van der Waals surface area contributed by atoms with Crippen molar-refractivity contribution in [3.8, 4) is 17.2 Å². The Hall–Kier alpha value is -1.96. The highest BCUT2D eigenvalue weighted by Gasteiger charge is 2.14. The number of carbonyl (C=O) groups is 1. The molecule has 0 saturated heterocycles. The van der Waals surface area contributed by atoms with E-state index in [0.29, 0.717) is 30.4 Å². The van der Waals surface area contributed by atoms with E-state index < -0.39 is 12.6 Å². The van der Waals surface area contributed by atoms with Gasteiger partial charge in [-0.25, -0.2) is 4.79 Å². The second-order valence-corrected chi connectivity index (χ2v) is 3.91. The van der Waals surface area contributed by atoms with Gasteiger partial charge >= 0.3 is 5.97 Å². The Kier molecular flexibility index (Phi) is 11.5. The maximum Gasteiger partial charge on any atom is 0.341 e. The molecular formula is C15H22ClNO6. The molecule has 7 nitrogen and oxygen atoms in total. The third kappa shape index (κ3) is 7.73. The Labute approximate surface area is 140 Å². The number of carboxylic acid groups (broad SMARTS) is 1. The van der Waals surface area contributed by atoms with Crippen LogP contribution in [0.3, 0.4) is 0 Å². The summed E-state index contributed by atoms with van der Waals surface area (Å²) in [5, 5.41) is 8.63. The van der Waals surface area contributed by atoms with Crippen molar-refractivity contribution in [3.05, 3.63) is 30.4 Å². The van der Waals surface area contributed by atoms with Crippen molar-refractivity contribution >= 4 is 17.6 Å². The standard InChI is InChI=1S/C14H19NO6.CH3Cl/c1-4-5-21-15-8-11-12(18-2)6-10(7-13(11)19-3)20-9-14(16)17;1-2/h4,6-7,15H,1,5,8-9H2,2-3H3,(H,16,17);1H3. The second-order valence-electron chi connectivity index (χ2n) is 3.91. The van der Waals surface area contributed by atoms with E-state index in [1.54, 1.807) is 18.2 Å². The summed E-state index contributed by atoms with van der Waals surface area (Å²) in [6.07, 6.45) is 3.09. The van der Waals surface area contributed by atoms with Crippen LogP contribution in [0, 0.1) is 0 Å². The third-order valence-electron chi connectivity index (χ3n) is 2.50. The van der Waals surface area contributed by atoms with E-state index in [1.165, 1.54) is 20.6 Å². The quantitative estimate of drug-likeness (QED) is 0.290. The van der Waals surface area contributed by atoms with Crippen LogP contribution in [0.5, 0.6) is 17.2 Å². The predicted octanol–water partition coefficient (Wildman–Crippen LogP) is 2.23. The number of carboxylic acids is 1. The molecule has 1 aromatic rings. The first-order valence-corrected chi connectivity index (χ1v) is 7.30. The molecule has 0 aromatic heterocycles. The van der Waals surface area contributed by atoms with Gasteiger partial charge in [-0.2, -0.15) is 5.48 Å². The maximum absolute atomic E-state index is 10.5. The van der Waals surface area contributed by atoms with E-state index in [0.717, 1.165) is 5.56 Å². The van der Waals surface area contributed by atoms with E-state index in [-0.39, 0.29) is 0 Å². The monoisotopic (exact) mass is 347 g/mol. The molecule has 0 atom stereocenters. The lowest BCUT2D eigenvalue weighted by molar-refractivity contribution is -0.139. The lowest BCUT2D eigenvalue weighted by atomic mass is 10.1. The van der Waals surface area contributed by atoms with Crippen LogP contribution in [-0.2, 0) is 16.2 Å². The summed E-state index contributed by atoms with van der Waals surface area (Å²) >= 11 is 4.64. The van der Waals surface area contributed by atoms with Gasteiger partial charge in [-0.15, -0.1) is 18.2 Å². The average molecular weight is 348 g/mol. The molecule has 0 aliphatic carbocycles. The molecular weight excluding hydrogens is 326 g/mol. The molecule has 130 valence electrons. The number of ether oxygens (including phenoxy) is 3. The Morgan fingerprint density at radius 1 is 1.30 bits per heavy atom. The molecule has 1 rings (SSSR count). The van der Waals surface area contributed by atoms with Crippen LogP contribution in [0.25, 0.3) is 0 Å². The van der Waals surface area contributed by atoms with Crippen LogP contribution in [0.15, 0.2) is 24.8 Å². The minimum Gasteiger partial charge on any atom is -0.496 e. The number of benzene rings is 1. The topological polar surface area (TPSA) is 86.2 Å². The highest BCUT2D eigenvalue weighted by molar-refractivity contribution is 6.15. The van der Waals surface area contributed by atoms with E-state index in [2.05, 4.69) is 23.7 Å². The van der Waals surface area contributed by atoms with Crippen molar-refractivity contribution in [2.75, 3.05) is 33.8 Å². The van der Waals surface area contributed by atoms with Crippen LogP contribution < -0.4 is 19.7 Å². The molecule has 8 heteroatoms. The van der Waals surface area contributed by atoms with Gasteiger partial charge in [-0.1, -0.05) is 6.08 Å². The van der Waals surface area contributed by atoms with Crippen molar-refractivity contribution in [3.63, 3.8) is 0 Å². The molecule has 1 aromatic carbocycles. The van der Waals surface area contributed by atoms with Crippen molar-refractivity contribution in [2.45, 2.75) is 6.54 Å². The maximum atomic E-state index is 10.5. The Bertz CT molecular complexity index is 470. The van der Waals surface area contributed by atoms with Gasteiger partial charge in [0.05, 0.1) is 32.9 Å².